The lowest BCUT2D eigenvalue weighted by molar-refractivity contribution is 0.594. The van der Waals surface area contributed by atoms with E-state index in [-0.39, 0.29) is 11.5 Å². The Balaban J connectivity index is 2.09. The summed E-state index contributed by atoms with van der Waals surface area (Å²) in [6, 6.07) is 12.7. The third-order valence-corrected chi connectivity index (χ3v) is 4.51. The first-order chi connectivity index (χ1) is 11.0. The van der Waals surface area contributed by atoms with Crippen LogP contribution in [0.1, 0.15) is 11.1 Å². The van der Waals surface area contributed by atoms with Crippen LogP contribution in [0.2, 0.25) is 0 Å². The Morgan fingerprint density at radius 3 is 1.39 bits per heavy atom. The predicted molar refractivity (Wildman–Crippen MR) is 86.8 cm³/mol. The molecule has 2 aromatic rings. The van der Waals surface area contributed by atoms with Crippen molar-refractivity contribution in [3.05, 3.63) is 80.5 Å². The van der Waals surface area contributed by atoms with Crippen LogP contribution in [-0.4, -0.2) is 8.42 Å². The van der Waals surface area contributed by atoms with E-state index >= 15 is 0 Å². The van der Waals surface area contributed by atoms with Crippen molar-refractivity contribution in [2.24, 2.45) is 10.2 Å². The fourth-order valence-electron chi connectivity index (χ4n) is 1.98. The molecular weight excluding hydrogens is 316 g/mol. The Morgan fingerprint density at radius 2 is 1.09 bits per heavy atom. The van der Waals surface area contributed by atoms with E-state index in [0.29, 0.717) is 22.5 Å². The molecule has 0 N–H and O–H groups in total. The highest BCUT2D eigenvalue weighted by atomic mass is 32.2. The van der Waals surface area contributed by atoms with E-state index in [1.165, 1.54) is 0 Å². The molecular formula is C14H12N6O2S. The van der Waals surface area contributed by atoms with Gasteiger partial charge in [-0.2, -0.15) is 0 Å². The van der Waals surface area contributed by atoms with Crippen molar-refractivity contribution in [2.75, 3.05) is 0 Å². The summed E-state index contributed by atoms with van der Waals surface area (Å²) in [5.74, 6) is -0.219. The molecule has 0 fully saturated rings. The fourth-order valence-corrected chi connectivity index (χ4v) is 3.48. The van der Waals surface area contributed by atoms with Gasteiger partial charge in [0.15, 0.2) is 9.84 Å². The first kappa shape index (κ1) is 16.4. The molecule has 0 atom stereocenters. The summed E-state index contributed by atoms with van der Waals surface area (Å²) in [6.07, 6.45) is 0. The molecule has 0 aliphatic rings. The SMILES string of the molecule is [N-]=[N+]=Nc1ccc(CS(=O)(=O)Cc2ccc(N=[N+]=[N-])cc2)cc1. The number of nitrogens with zero attached hydrogens (tertiary/aromatic N) is 6. The van der Waals surface area contributed by atoms with Crippen molar-refractivity contribution in [2.45, 2.75) is 11.5 Å². The number of hydrogen-bond donors (Lipinski definition) is 0. The van der Waals surface area contributed by atoms with Gasteiger partial charge < -0.3 is 0 Å². The van der Waals surface area contributed by atoms with Crippen LogP contribution in [0.3, 0.4) is 0 Å². The van der Waals surface area contributed by atoms with Gasteiger partial charge in [-0.05, 0) is 22.2 Å². The molecule has 0 saturated heterocycles. The van der Waals surface area contributed by atoms with Gasteiger partial charge in [0.1, 0.15) is 0 Å². The quantitative estimate of drug-likeness (QED) is 0.432. The van der Waals surface area contributed by atoms with E-state index in [4.69, 9.17) is 11.1 Å². The third-order valence-electron chi connectivity index (χ3n) is 2.97. The summed E-state index contributed by atoms with van der Waals surface area (Å²) in [4.78, 5) is 5.33. The molecule has 0 aliphatic carbocycles. The van der Waals surface area contributed by atoms with E-state index in [2.05, 4.69) is 20.1 Å². The average molecular weight is 328 g/mol. The zero-order valence-electron chi connectivity index (χ0n) is 11.9. The fraction of sp³-hybridized carbons (Fsp3) is 0.143. The van der Waals surface area contributed by atoms with Crippen LogP contribution in [0.5, 0.6) is 0 Å². The predicted octanol–water partition coefficient (Wildman–Crippen LogP) is 4.69. The number of sulfone groups is 1. The van der Waals surface area contributed by atoms with Gasteiger partial charge in [0.05, 0.1) is 11.5 Å². The van der Waals surface area contributed by atoms with Crippen LogP contribution >= 0.6 is 0 Å². The van der Waals surface area contributed by atoms with Gasteiger partial charge in [-0.3, -0.25) is 0 Å². The average Bonchev–Trinajstić information content (AvgIpc) is 2.51. The standard InChI is InChI=1S/C14H12N6O2S/c15-19-17-13-5-1-11(2-6-13)9-23(21,22)10-12-3-7-14(8-4-12)18-20-16/h1-8H,9-10H2. The highest BCUT2D eigenvalue weighted by Crippen LogP contribution is 2.19. The molecule has 116 valence electrons. The Morgan fingerprint density at radius 1 is 0.739 bits per heavy atom. The molecule has 2 rings (SSSR count). The summed E-state index contributed by atoms with van der Waals surface area (Å²) in [7, 11) is -3.34. The smallest absolute Gasteiger partial charge is 0.158 e. The van der Waals surface area contributed by atoms with Crippen molar-refractivity contribution in [1.29, 1.82) is 0 Å². The zero-order valence-corrected chi connectivity index (χ0v) is 12.8. The number of rotatable bonds is 6. The van der Waals surface area contributed by atoms with Crippen molar-refractivity contribution >= 4 is 21.2 Å². The topological polar surface area (TPSA) is 132 Å². The van der Waals surface area contributed by atoms with Crippen LogP contribution in [0, 0.1) is 0 Å². The first-order valence-corrected chi connectivity index (χ1v) is 8.33. The molecule has 0 bridgehead atoms. The summed E-state index contributed by atoms with van der Waals surface area (Å²) >= 11 is 0. The van der Waals surface area contributed by atoms with E-state index in [1.54, 1.807) is 48.5 Å². The number of hydrogen-bond acceptors (Lipinski definition) is 4. The minimum Gasteiger partial charge on any atom is -0.228 e. The lowest BCUT2D eigenvalue weighted by atomic mass is 10.2. The van der Waals surface area contributed by atoms with E-state index in [0.717, 1.165) is 0 Å². The van der Waals surface area contributed by atoms with Gasteiger partial charge in [-0.25, -0.2) is 8.42 Å². The maximum absolute atomic E-state index is 12.2. The molecule has 0 saturated carbocycles. The maximum Gasteiger partial charge on any atom is 0.158 e. The highest BCUT2D eigenvalue weighted by Gasteiger charge is 2.13. The second-order valence-corrected chi connectivity index (χ2v) is 6.81. The van der Waals surface area contributed by atoms with E-state index in [1.807, 2.05) is 0 Å². The van der Waals surface area contributed by atoms with Gasteiger partial charge >= 0.3 is 0 Å². The van der Waals surface area contributed by atoms with Gasteiger partial charge in [-0.1, -0.05) is 58.8 Å². The summed E-state index contributed by atoms with van der Waals surface area (Å²) < 4.78 is 24.5. The summed E-state index contributed by atoms with van der Waals surface area (Å²) in [6.45, 7) is 0. The largest absolute Gasteiger partial charge is 0.228 e. The van der Waals surface area contributed by atoms with Crippen LogP contribution in [-0.2, 0) is 21.3 Å². The molecule has 9 heteroatoms. The van der Waals surface area contributed by atoms with E-state index in [9.17, 15) is 8.42 Å². The molecule has 8 nitrogen and oxygen atoms in total. The minimum absolute atomic E-state index is 0.109. The van der Waals surface area contributed by atoms with Crippen LogP contribution in [0.4, 0.5) is 11.4 Å². The monoisotopic (exact) mass is 328 g/mol. The second-order valence-electron chi connectivity index (χ2n) is 4.74. The van der Waals surface area contributed by atoms with Crippen LogP contribution in [0.25, 0.3) is 20.9 Å². The van der Waals surface area contributed by atoms with Crippen molar-refractivity contribution < 1.29 is 8.42 Å². The van der Waals surface area contributed by atoms with Gasteiger partial charge in [0.2, 0.25) is 0 Å². The van der Waals surface area contributed by atoms with Gasteiger partial charge in [-0.15, -0.1) is 0 Å². The molecule has 0 heterocycles. The van der Waals surface area contributed by atoms with Crippen molar-refractivity contribution in [1.82, 2.24) is 0 Å². The molecule has 0 unspecified atom stereocenters. The molecule has 0 radical (unpaired) electrons. The summed E-state index contributed by atoms with van der Waals surface area (Å²) in [5.41, 5.74) is 18.8. The molecule has 23 heavy (non-hydrogen) atoms. The maximum atomic E-state index is 12.2. The molecule has 0 aliphatic heterocycles. The van der Waals surface area contributed by atoms with Gasteiger partial charge in [0, 0.05) is 21.2 Å². The number of benzene rings is 2. The molecule has 0 spiro atoms. The summed E-state index contributed by atoms with van der Waals surface area (Å²) in [5, 5.41) is 6.86. The molecule has 2 aromatic carbocycles. The van der Waals surface area contributed by atoms with Crippen LogP contribution in [0.15, 0.2) is 58.8 Å². The lowest BCUT2D eigenvalue weighted by Gasteiger charge is -2.05. The Hall–Kier alpha value is -2.99. The molecule has 0 amide bonds. The zero-order chi connectivity index (χ0) is 16.7. The number of azide groups is 2. The Kier molecular flexibility index (Phi) is 5.22. The van der Waals surface area contributed by atoms with E-state index < -0.39 is 9.84 Å². The second kappa shape index (κ2) is 7.33. The van der Waals surface area contributed by atoms with Gasteiger partial charge in [0.25, 0.3) is 0 Å². The molecule has 0 aromatic heterocycles. The first-order valence-electron chi connectivity index (χ1n) is 6.51. The minimum atomic E-state index is -3.34. The van der Waals surface area contributed by atoms with Crippen molar-refractivity contribution in [3.8, 4) is 0 Å². The Labute approximate surface area is 132 Å². The normalized spacial score (nSPS) is 10.4. The Bertz CT molecular complexity index is 808. The van der Waals surface area contributed by atoms with Crippen molar-refractivity contribution in [3.63, 3.8) is 0 Å². The third kappa shape index (κ3) is 5.05. The highest BCUT2D eigenvalue weighted by molar-refractivity contribution is 7.89. The lowest BCUT2D eigenvalue weighted by Crippen LogP contribution is -2.07. The van der Waals surface area contributed by atoms with Crippen LogP contribution < -0.4 is 0 Å².